The maximum absolute atomic E-state index is 6.21. The predicted octanol–water partition coefficient (Wildman–Crippen LogP) is 2.72. The van der Waals surface area contributed by atoms with Crippen LogP contribution in [-0.4, -0.2) is 42.0 Å². The van der Waals surface area contributed by atoms with E-state index >= 15 is 0 Å². The van der Waals surface area contributed by atoms with Gasteiger partial charge in [-0.25, -0.2) is 0 Å². The van der Waals surface area contributed by atoms with Crippen LogP contribution in [0.1, 0.15) is 52.9 Å². The molecule has 1 spiro atoms. The molecule has 5 heteroatoms. The van der Waals surface area contributed by atoms with Crippen LogP contribution in [0.3, 0.4) is 0 Å². The Labute approximate surface area is 133 Å². The summed E-state index contributed by atoms with van der Waals surface area (Å²) >= 11 is 2.05. The van der Waals surface area contributed by atoms with E-state index in [1.807, 2.05) is 0 Å². The number of ether oxygens (including phenoxy) is 2. The number of rotatable bonds is 6. The van der Waals surface area contributed by atoms with E-state index in [4.69, 9.17) is 15.3 Å². The number of nitrogens with two attached hydrogens (primary N) is 1. The fourth-order valence-corrected chi connectivity index (χ4v) is 5.23. The van der Waals surface area contributed by atoms with Crippen molar-refractivity contribution in [2.24, 2.45) is 11.8 Å². The van der Waals surface area contributed by atoms with Gasteiger partial charge in [0.15, 0.2) is 0 Å². The smallest absolute Gasteiger partial charge is 0.0820 e. The molecule has 3 atom stereocenters. The predicted molar refractivity (Wildman–Crippen MR) is 89.4 cm³/mol. The Bertz CT molecular complexity index is 318. The van der Waals surface area contributed by atoms with Gasteiger partial charge in [-0.15, -0.1) is 0 Å². The first-order valence-corrected chi connectivity index (χ1v) is 9.56. The van der Waals surface area contributed by atoms with Crippen LogP contribution in [-0.2, 0) is 9.47 Å². The molecule has 2 aliphatic rings. The normalized spacial score (nSPS) is 30.0. The third kappa shape index (κ3) is 3.94. The van der Waals surface area contributed by atoms with Crippen LogP contribution in [0.25, 0.3) is 0 Å². The van der Waals surface area contributed by atoms with Crippen LogP contribution in [0.15, 0.2) is 0 Å². The second kappa shape index (κ2) is 7.64. The van der Waals surface area contributed by atoms with Gasteiger partial charge in [-0.05, 0) is 63.4 Å². The zero-order valence-corrected chi connectivity index (χ0v) is 14.6. The van der Waals surface area contributed by atoms with Gasteiger partial charge in [0, 0.05) is 13.2 Å². The lowest BCUT2D eigenvalue weighted by molar-refractivity contribution is -0.133. The molecular weight excluding hydrogens is 284 g/mol. The second-order valence-electron chi connectivity index (χ2n) is 6.64. The Kier molecular flexibility index (Phi) is 6.38. The molecule has 2 fully saturated rings. The summed E-state index contributed by atoms with van der Waals surface area (Å²) in [6, 6.07) is 0.192. The van der Waals surface area contributed by atoms with Crippen LogP contribution in [0, 0.1) is 5.92 Å². The molecule has 4 nitrogen and oxygen atoms in total. The molecule has 2 heterocycles. The zero-order chi connectivity index (χ0) is 15.3. The van der Waals surface area contributed by atoms with E-state index in [1.54, 1.807) is 0 Å². The average molecular weight is 317 g/mol. The third-order valence-electron chi connectivity index (χ3n) is 5.42. The van der Waals surface area contributed by atoms with Crippen molar-refractivity contribution in [3.63, 3.8) is 0 Å². The van der Waals surface area contributed by atoms with Gasteiger partial charge < -0.3 is 9.47 Å². The van der Waals surface area contributed by atoms with Gasteiger partial charge in [-0.1, -0.05) is 6.92 Å². The summed E-state index contributed by atoms with van der Waals surface area (Å²) < 4.78 is 12.3. The molecule has 2 rings (SSSR count). The van der Waals surface area contributed by atoms with E-state index in [-0.39, 0.29) is 17.2 Å². The molecule has 3 N–H and O–H groups in total. The van der Waals surface area contributed by atoms with Gasteiger partial charge in [0.2, 0.25) is 0 Å². The first kappa shape index (κ1) is 17.5. The summed E-state index contributed by atoms with van der Waals surface area (Å²) in [5.41, 5.74) is 2.99. The van der Waals surface area contributed by atoms with Crippen molar-refractivity contribution in [2.75, 3.05) is 24.7 Å². The average Bonchev–Trinajstić information content (AvgIpc) is 2.49. The van der Waals surface area contributed by atoms with Gasteiger partial charge in [-0.2, -0.15) is 11.8 Å². The molecule has 0 radical (unpaired) electrons. The Hall–Kier alpha value is 0.190. The molecular formula is C16H32N2O2S. The topological polar surface area (TPSA) is 56.5 Å². The lowest BCUT2D eigenvalue weighted by Gasteiger charge is -2.48. The highest BCUT2D eigenvalue weighted by Gasteiger charge is 2.45. The Morgan fingerprint density at radius 2 is 2.14 bits per heavy atom. The van der Waals surface area contributed by atoms with E-state index in [0.29, 0.717) is 5.92 Å². The number of thioether (sulfide) groups is 1. The first-order valence-electron chi connectivity index (χ1n) is 8.41. The summed E-state index contributed by atoms with van der Waals surface area (Å²) in [6.07, 6.45) is 5.53. The standard InChI is InChI=1S/C16H32N2O2S/c1-4-15(3,19-5-2)14(18-17)13-6-9-20-16(12-13)7-10-21-11-8-16/h13-14,18H,4-12,17H2,1-3H3. The number of hydrogen-bond donors (Lipinski definition) is 2. The second-order valence-corrected chi connectivity index (χ2v) is 7.87. The Morgan fingerprint density at radius 3 is 2.71 bits per heavy atom. The van der Waals surface area contributed by atoms with Gasteiger partial charge in [0.25, 0.3) is 0 Å². The van der Waals surface area contributed by atoms with E-state index in [9.17, 15) is 0 Å². The lowest BCUT2D eigenvalue weighted by atomic mass is 9.73. The summed E-state index contributed by atoms with van der Waals surface area (Å²) in [5, 5.41) is 0. The van der Waals surface area contributed by atoms with Gasteiger partial charge in [0.05, 0.1) is 17.2 Å². The first-order chi connectivity index (χ1) is 10.1. The molecule has 0 aromatic heterocycles. The highest BCUT2D eigenvalue weighted by atomic mass is 32.2. The Balaban J connectivity index is 2.10. The van der Waals surface area contributed by atoms with Crippen molar-refractivity contribution >= 4 is 11.8 Å². The van der Waals surface area contributed by atoms with Crippen LogP contribution < -0.4 is 11.3 Å². The minimum atomic E-state index is -0.198. The van der Waals surface area contributed by atoms with Crippen LogP contribution >= 0.6 is 11.8 Å². The fourth-order valence-electron chi connectivity index (χ4n) is 3.99. The van der Waals surface area contributed by atoms with E-state index in [0.717, 1.165) is 32.5 Å². The van der Waals surface area contributed by atoms with Gasteiger partial charge >= 0.3 is 0 Å². The summed E-state index contributed by atoms with van der Waals surface area (Å²) in [7, 11) is 0. The Morgan fingerprint density at radius 1 is 1.43 bits per heavy atom. The molecule has 0 aromatic carbocycles. The third-order valence-corrected chi connectivity index (χ3v) is 6.41. The number of hydrazine groups is 1. The van der Waals surface area contributed by atoms with Crippen molar-refractivity contribution in [3.8, 4) is 0 Å². The quantitative estimate of drug-likeness (QED) is 0.583. The fraction of sp³-hybridized carbons (Fsp3) is 1.00. The number of nitrogens with one attached hydrogen (secondary N) is 1. The van der Waals surface area contributed by atoms with Crippen LogP contribution in [0.4, 0.5) is 0 Å². The minimum Gasteiger partial charge on any atom is -0.375 e. The molecule has 0 saturated carbocycles. The molecule has 2 aliphatic heterocycles. The van der Waals surface area contributed by atoms with Crippen molar-refractivity contribution in [1.82, 2.24) is 5.43 Å². The summed E-state index contributed by atoms with van der Waals surface area (Å²) in [5.74, 6) is 8.92. The maximum atomic E-state index is 6.21. The summed E-state index contributed by atoms with van der Waals surface area (Å²) in [6.45, 7) is 8.03. The molecule has 2 saturated heterocycles. The van der Waals surface area contributed by atoms with Crippen LogP contribution in [0.2, 0.25) is 0 Å². The molecule has 0 aromatic rings. The monoisotopic (exact) mass is 316 g/mol. The molecule has 0 bridgehead atoms. The van der Waals surface area contributed by atoms with Crippen LogP contribution in [0.5, 0.6) is 0 Å². The molecule has 0 amide bonds. The molecule has 0 aliphatic carbocycles. The lowest BCUT2D eigenvalue weighted by Crippen LogP contribution is -2.59. The van der Waals surface area contributed by atoms with Crippen molar-refractivity contribution in [2.45, 2.75) is 70.1 Å². The van der Waals surface area contributed by atoms with Gasteiger partial charge in [0.1, 0.15) is 0 Å². The number of hydrogen-bond acceptors (Lipinski definition) is 5. The van der Waals surface area contributed by atoms with Crippen molar-refractivity contribution in [3.05, 3.63) is 0 Å². The van der Waals surface area contributed by atoms with Gasteiger partial charge in [-0.3, -0.25) is 11.3 Å². The SMILES string of the molecule is CCOC(C)(CC)C(NN)C1CCOC2(CCSCC2)C1. The zero-order valence-electron chi connectivity index (χ0n) is 13.8. The van der Waals surface area contributed by atoms with Crippen molar-refractivity contribution < 1.29 is 9.47 Å². The maximum Gasteiger partial charge on any atom is 0.0820 e. The van der Waals surface area contributed by atoms with E-state index in [2.05, 4.69) is 38.0 Å². The highest BCUT2D eigenvalue weighted by Crippen LogP contribution is 2.42. The molecule has 124 valence electrons. The van der Waals surface area contributed by atoms with E-state index < -0.39 is 0 Å². The summed E-state index contributed by atoms with van der Waals surface area (Å²) in [4.78, 5) is 0. The molecule has 3 unspecified atom stereocenters. The minimum absolute atomic E-state index is 0.101. The highest BCUT2D eigenvalue weighted by molar-refractivity contribution is 7.99. The largest absolute Gasteiger partial charge is 0.375 e. The molecule has 21 heavy (non-hydrogen) atoms. The van der Waals surface area contributed by atoms with Crippen molar-refractivity contribution in [1.29, 1.82) is 0 Å². The van der Waals surface area contributed by atoms with E-state index in [1.165, 1.54) is 24.3 Å².